The molecule has 3 aromatic rings. The SMILES string of the molecule is COC(=O)c1cc(-n2ncc3c(N)ncnc32)ccc1Cl. The van der Waals surface area contributed by atoms with Crippen molar-refractivity contribution in [3.63, 3.8) is 0 Å². The van der Waals surface area contributed by atoms with Crippen LogP contribution in [-0.4, -0.2) is 32.8 Å². The maximum atomic E-state index is 11.7. The molecule has 2 heterocycles. The summed E-state index contributed by atoms with van der Waals surface area (Å²) in [7, 11) is 1.29. The minimum atomic E-state index is -0.521. The third-order valence-electron chi connectivity index (χ3n) is 3.00. The summed E-state index contributed by atoms with van der Waals surface area (Å²) in [5, 5.41) is 5.15. The number of esters is 1. The summed E-state index contributed by atoms with van der Waals surface area (Å²) >= 11 is 6.00. The fourth-order valence-corrected chi connectivity index (χ4v) is 2.16. The summed E-state index contributed by atoms with van der Waals surface area (Å²) < 4.78 is 6.25. The first-order valence-corrected chi connectivity index (χ1v) is 6.32. The molecule has 0 atom stereocenters. The molecular weight excluding hydrogens is 294 g/mol. The van der Waals surface area contributed by atoms with Crippen LogP contribution < -0.4 is 5.73 Å². The first-order valence-electron chi connectivity index (χ1n) is 5.94. The minimum Gasteiger partial charge on any atom is -0.465 e. The Morgan fingerprint density at radius 2 is 2.19 bits per heavy atom. The molecule has 0 aliphatic carbocycles. The molecule has 2 aromatic heterocycles. The van der Waals surface area contributed by atoms with Gasteiger partial charge in [-0.2, -0.15) is 5.10 Å². The van der Waals surface area contributed by atoms with E-state index >= 15 is 0 Å². The van der Waals surface area contributed by atoms with Crippen molar-refractivity contribution in [1.29, 1.82) is 0 Å². The number of carbonyl (C=O) groups excluding carboxylic acids is 1. The van der Waals surface area contributed by atoms with E-state index < -0.39 is 5.97 Å². The lowest BCUT2D eigenvalue weighted by Gasteiger charge is -2.07. The van der Waals surface area contributed by atoms with Crippen LogP contribution in [0.25, 0.3) is 16.7 Å². The summed E-state index contributed by atoms with van der Waals surface area (Å²) in [4.78, 5) is 19.8. The van der Waals surface area contributed by atoms with E-state index in [1.165, 1.54) is 13.4 Å². The predicted octanol–water partition coefficient (Wildman–Crippen LogP) is 1.84. The molecule has 0 fully saturated rings. The first-order chi connectivity index (χ1) is 10.1. The van der Waals surface area contributed by atoms with Gasteiger partial charge in [0.05, 0.1) is 35.0 Å². The van der Waals surface area contributed by atoms with Crippen molar-refractivity contribution in [1.82, 2.24) is 19.7 Å². The first kappa shape index (κ1) is 13.3. The zero-order valence-corrected chi connectivity index (χ0v) is 11.7. The number of aromatic nitrogens is 4. The number of rotatable bonds is 2. The average molecular weight is 304 g/mol. The summed E-state index contributed by atoms with van der Waals surface area (Å²) in [5.41, 5.74) is 7.18. The van der Waals surface area contributed by atoms with E-state index in [1.54, 1.807) is 29.1 Å². The normalized spacial score (nSPS) is 10.8. The van der Waals surface area contributed by atoms with Gasteiger partial charge in [-0.25, -0.2) is 19.4 Å². The van der Waals surface area contributed by atoms with Gasteiger partial charge in [0.1, 0.15) is 12.1 Å². The molecule has 0 amide bonds. The van der Waals surface area contributed by atoms with Gasteiger partial charge in [-0.05, 0) is 18.2 Å². The van der Waals surface area contributed by atoms with Crippen molar-refractivity contribution in [2.45, 2.75) is 0 Å². The second kappa shape index (κ2) is 5.02. The Bertz CT molecular complexity index is 846. The molecule has 8 heteroatoms. The molecule has 0 radical (unpaired) electrons. The van der Waals surface area contributed by atoms with Gasteiger partial charge in [-0.3, -0.25) is 0 Å². The van der Waals surface area contributed by atoms with Gasteiger partial charge in [-0.15, -0.1) is 0 Å². The second-order valence-electron chi connectivity index (χ2n) is 4.21. The van der Waals surface area contributed by atoms with Crippen LogP contribution in [0.1, 0.15) is 10.4 Å². The summed E-state index contributed by atoms with van der Waals surface area (Å²) in [6.45, 7) is 0. The molecule has 21 heavy (non-hydrogen) atoms. The predicted molar refractivity (Wildman–Crippen MR) is 77.4 cm³/mol. The number of hydrogen-bond acceptors (Lipinski definition) is 6. The van der Waals surface area contributed by atoms with Crippen molar-refractivity contribution >= 4 is 34.4 Å². The smallest absolute Gasteiger partial charge is 0.339 e. The van der Waals surface area contributed by atoms with Gasteiger partial charge < -0.3 is 10.5 Å². The fraction of sp³-hybridized carbons (Fsp3) is 0.0769. The average Bonchev–Trinajstić information content (AvgIpc) is 2.92. The van der Waals surface area contributed by atoms with Gasteiger partial charge in [0.2, 0.25) is 0 Å². The Hall–Kier alpha value is -2.67. The second-order valence-corrected chi connectivity index (χ2v) is 4.62. The molecular formula is C13H10ClN5O2. The van der Waals surface area contributed by atoms with Crippen molar-refractivity contribution < 1.29 is 9.53 Å². The maximum Gasteiger partial charge on any atom is 0.339 e. The van der Waals surface area contributed by atoms with E-state index in [0.29, 0.717) is 27.6 Å². The lowest BCUT2D eigenvalue weighted by molar-refractivity contribution is 0.0601. The van der Waals surface area contributed by atoms with Crippen molar-refractivity contribution in [3.05, 3.63) is 41.3 Å². The van der Waals surface area contributed by atoms with Crippen LogP contribution in [0.3, 0.4) is 0 Å². The molecule has 2 N–H and O–H groups in total. The number of hydrogen-bond donors (Lipinski definition) is 1. The quantitative estimate of drug-likeness (QED) is 0.726. The van der Waals surface area contributed by atoms with E-state index in [4.69, 9.17) is 22.1 Å². The highest BCUT2D eigenvalue weighted by molar-refractivity contribution is 6.33. The highest BCUT2D eigenvalue weighted by atomic mass is 35.5. The van der Waals surface area contributed by atoms with Gasteiger partial charge in [0.25, 0.3) is 0 Å². The number of anilines is 1. The largest absolute Gasteiger partial charge is 0.465 e. The number of nitrogens with zero attached hydrogens (tertiary/aromatic N) is 4. The van der Waals surface area contributed by atoms with Crippen LogP contribution in [0, 0.1) is 0 Å². The van der Waals surface area contributed by atoms with E-state index in [0.717, 1.165) is 0 Å². The number of fused-ring (bicyclic) bond motifs is 1. The van der Waals surface area contributed by atoms with Crippen molar-refractivity contribution in [2.75, 3.05) is 12.8 Å². The molecule has 0 unspecified atom stereocenters. The Labute approximate surface area is 124 Å². The maximum absolute atomic E-state index is 11.7. The van der Waals surface area contributed by atoms with E-state index in [-0.39, 0.29) is 5.56 Å². The molecule has 0 bridgehead atoms. The molecule has 0 saturated carbocycles. The van der Waals surface area contributed by atoms with E-state index in [1.807, 2.05) is 0 Å². The van der Waals surface area contributed by atoms with Crippen molar-refractivity contribution in [3.8, 4) is 5.69 Å². The van der Waals surface area contributed by atoms with E-state index in [9.17, 15) is 4.79 Å². The highest BCUT2D eigenvalue weighted by Gasteiger charge is 2.14. The van der Waals surface area contributed by atoms with Crippen LogP contribution in [0.4, 0.5) is 5.82 Å². The lowest BCUT2D eigenvalue weighted by Crippen LogP contribution is -2.05. The third-order valence-corrected chi connectivity index (χ3v) is 3.33. The van der Waals surface area contributed by atoms with Crippen LogP contribution in [0.2, 0.25) is 5.02 Å². The van der Waals surface area contributed by atoms with Crippen molar-refractivity contribution in [2.24, 2.45) is 0 Å². The Morgan fingerprint density at radius 1 is 1.38 bits per heavy atom. The molecule has 0 aliphatic heterocycles. The minimum absolute atomic E-state index is 0.252. The van der Waals surface area contributed by atoms with Gasteiger partial charge in [0.15, 0.2) is 5.65 Å². The number of benzene rings is 1. The Balaban J connectivity index is 2.19. The Morgan fingerprint density at radius 3 is 2.95 bits per heavy atom. The topological polar surface area (TPSA) is 95.9 Å². The number of carbonyl (C=O) groups is 1. The zero-order chi connectivity index (χ0) is 15.0. The molecule has 1 aromatic carbocycles. The molecule has 0 spiro atoms. The zero-order valence-electron chi connectivity index (χ0n) is 10.9. The summed E-state index contributed by atoms with van der Waals surface area (Å²) in [6, 6.07) is 4.90. The third kappa shape index (κ3) is 2.17. The number of nitrogen functional groups attached to an aromatic ring is 1. The van der Waals surface area contributed by atoms with Crippen LogP contribution >= 0.6 is 11.6 Å². The fourth-order valence-electron chi connectivity index (χ4n) is 1.96. The molecule has 3 rings (SSSR count). The van der Waals surface area contributed by atoms with Gasteiger partial charge >= 0.3 is 5.97 Å². The molecule has 0 aliphatic rings. The number of halogens is 1. The summed E-state index contributed by atoms with van der Waals surface area (Å²) in [5.74, 6) is -0.180. The summed E-state index contributed by atoms with van der Waals surface area (Å²) in [6.07, 6.45) is 2.92. The number of nitrogens with two attached hydrogens (primary N) is 1. The van der Waals surface area contributed by atoms with Gasteiger partial charge in [0, 0.05) is 0 Å². The lowest BCUT2D eigenvalue weighted by atomic mass is 10.2. The highest BCUT2D eigenvalue weighted by Crippen LogP contribution is 2.24. The van der Waals surface area contributed by atoms with Crippen LogP contribution in [0.5, 0.6) is 0 Å². The van der Waals surface area contributed by atoms with Gasteiger partial charge in [-0.1, -0.05) is 11.6 Å². The molecule has 0 saturated heterocycles. The standard InChI is InChI=1S/C13H10ClN5O2/c1-21-13(20)8-4-7(2-3-10(8)14)19-12-9(5-18-19)11(15)16-6-17-12/h2-6H,1H3,(H2,15,16,17). The van der Waals surface area contributed by atoms with Crippen LogP contribution in [-0.2, 0) is 4.74 Å². The molecule has 106 valence electrons. The number of methoxy groups -OCH3 is 1. The number of ether oxygens (including phenoxy) is 1. The Kier molecular flexibility index (Phi) is 3.19. The van der Waals surface area contributed by atoms with E-state index in [2.05, 4.69) is 15.1 Å². The monoisotopic (exact) mass is 303 g/mol. The molecule has 7 nitrogen and oxygen atoms in total. The van der Waals surface area contributed by atoms with Crippen LogP contribution in [0.15, 0.2) is 30.7 Å².